The van der Waals surface area contributed by atoms with E-state index in [-0.39, 0.29) is 0 Å². The van der Waals surface area contributed by atoms with E-state index in [9.17, 15) is 0 Å². The first-order valence-electron chi connectivity index (χ1n) is 6.51. The van der Waals surface area contributed by atoms with E-state index in [1.165, 1.54) is 44.9 Å². The van der Waals surface area contributed by atoms with Crippen molar-refractivity contribution in [1.29, 1.82) is 0 Å². The molecule has 3 saturated carbocycles. The van der Waals surface area contributed by atoms with E-state index in [1.807, 2.05) is 0 Å². The van der Waals surface area contributed by atoms with Gasteiger partial charge in [-0.05, 0) is 42.4 Å². The van der Waals surface area contributed by atoms with Crippen LogP contribution in [0.25, 0.3) is 0 Å². The van der Waals surface area contributed by atoms with E-state index >= 15 is 0 Å². The summed E-state index contributed by atoms with van der Waals surface area (Å²) in [7, 11) is 0. The Hall–Kier alpha value is -0.0400. The molecule has 1 nitrogen and oxygen atoms in total. The van der Waals surface area contributed by atoms with Crippen molar-refractivity contribution in [3.05, 3.63) is 0 Å². The molecule has 0 aromatic heterocycles. The summed E-state index contributed by atoms with van der Waals surface area (Å²) in [6, 6.07) is 0. The minimum atomic E-state index is 0.457. The lowest BCUT2D eigenvalue weighted by Crippen LogP contribution is -2.10. The van der Waals surface area contributed by atoms with E-state index in [0.29, 0.717) is 12.5 Å². The Morgan fingerprint density at radius 2 is 1.64 bits per heavy atom. The minimum Gasteiger partial charge on any atom is -0.396 e. The van der Waals surface area contributed by atoms with E-state index in [1.54, 1.807) is 0 Å². The molecule has 3 aliphatic carbocycles. The van der Waals surface area contributed by atoms with Gasteiger partial charge >= 0.3 is 0 Å². The molecule has 4 atom stereocenters. The summed E-state index contributed by atoms with van der Waals surface area (Å²) in [6.07, 6.45) is 10.3. The van der Waals surface area contributed by atoms with Crippen LogP contribution in [0.15, 0.2) is 0 Å². The van der Waals surface area contributed by atoms with Crippen LogP contribution < -0.4 is 0 Å². The number of hydrogen-bond acceptors (Lipinski definition) is 1. The molecule has 0 aromatic carbocycles. The van der Waals surface area contributed by atoms with E-state index in [0.717, 1.165) is 23.7 Å². The average molecular weight is 194 g/mol. The molecule has 3 aliphatic rings. The maximum absolute atomic E-state index is 9.05. The third-order valence-electron chi connectivity index (χ3n) is 4.91. The lowest BCUT2D eigenvalue weighted by molar-refractivity contribution is 0.259. The van der Waals surface area contributed by atoms with Crippen molar-refractivity contribution in [3.63, 3.8) is 0 Å². The van der Waals surface area contributed by atoms with Crippen molar-refractivity contribution in [3.8, 4) is 0 Å². The van der Waals surface area contributed by atoms with Gasteiger partial charge in [-0.1, -0.05) is 32.1 Å². The molecule has 1 N–H and O–H groups in total. The molecule has 0 unspecified atom stereocenters. The van der Waals surface area contributed by atoms with Crippen LogP contribution in [0.3, 0.4) is 0 Å². The van der Waals surface area contributed by atoms with Gasteiger partial charge in [0.1, 0.15) is 0 Å². The molecule has 0 spiro atoms. The zero-order valence-corrected chi connectivity index (χ0v) is 8.99. The highest BCUT2D eigenvalue weighted by atomic mass is 16.3. The zero-order valence-electron chi connectivity index (χ0n) is 8.99. The number of aliphatic hydroxyl groups excluding tert-OH is 1. The summed E-state index contributed by atoms with van der Waals surface area (Å²) in [5.74, 6) is 4.83. The second kappa shape index (κ2) is 3.52. The molecule has 0 saturated heterocycles. The van der Waals surface area contributed by atoms with Gasteiger partial charge in [-0.3, -0.25) is 0 Å². The molecule has 1 heteroatoms. The SMILES string of the molecule is OC[C@@H]1C[C@H]1[C@H]1C[C@@H]1C1CCCCC1. The highest BCUT2D eigenvalue weighted by Crippen LogP contribution is 2.61. The number of aliphatic hydroxyl groups is 1. The van der Waals surface area contributed by atoms with Crippen LogP contribution in [0.2, 0.25) is 0 Å². The quantitative estimate of drug-likeness (QED) is 0.732. The molecule has 0 amide bonds. The van der Waals surface area contributed by atoms with Gasteiger partial charge in [0.15, 0.2) is 0 Å². The van der Waals surface area contributed by atoms with Gasteiger partial charge in [0.25, 0.3) is 0 Å². The predicted octanol–water partition coefficient (Wildman–Crippen LogP) is 2.83. The minimum absolute atomic E-state index is 0.457. The molecule has 0 radical (unpaired) electrons. The van der Waals surface area contributed by atoms with Crippen molar-refractivity contribution in [2.75, 3.05) is 6.61 Å². The third-order valence-corrected chi connectivity index (χ3v) is 4.91. The first-order chi connectivity index (χ1) is 6.90. The molecule has 0 bridgehead atoms. The van der Waals surface area contributed by atoms with E-state index in [4.69, 9.17) is 5.11 Å². The molecule has 80 valence electrons. The monoisotopic (exact) mass is 194 g/mol. The molecular weight excluding hydrogens is 172 g/mol. The average Bonchev–Trinajstić information content (AvgIpc) is 3.12. The second-order valence-electron chi connectivity index (χ2n) is 5.80. The van der Waals surface area contributed by atoms with Crippen LogP contribution in [-0.4, -0.2) is 11.7 Å². The molecular formula is C13H22O. The highest BCUT2D eigenvalue weighted by molar-refractivity contribution is 5.03. The maximum atomic E-state index is 9.05. The summed E-state index contributed by atoms with van der Waals surface area (Å²) < 4.78 is 0. The van der Waals surface area contributed by atoms with Crippen molar-refractivity contribution in [2.24, 2.45) is 29.6 Å². The Labute approximate surface area is 86.9 Å². The molecule has 3 fully saturated rings. The fraction of sp³-hybridized carbons (Fsp3) is 1.00. The van der Waals surface area contributed by atoms with Crippen molar-refractivity contribution >= 4 is 0 Å². The van der Waals surface area contributed by atoms with E-state index < -0.39 is 0 Å². The Kier molecular flexibility index (Phi) is 2.31. The van der Waals surface area contributed by atoms with Crippen LogP contribution in [0.5, 0.6) is 0 Å². The van der Waals surface area contributed by atoms with Crippen LogP contribution in [0.1, 0.15) is 44.9 Å². The van der Waals surface area contributed by atoms with Crippen LogP contribution in [0, 0.1) is 29.6 Å². The van der Waals surface area contributed by atoms with E-state index in [2.05, 4.69) is 0 Å². The summed E-state index contributed by atoms with van der Waals surface area (Å²) >= 11 is 0. The Morgan fingerprint density at radius 3 is 2.29 bits per heavy atom. The van der Waals surface area contributed by atoms with Gasteiger partial charge in [0, 0.05) is 6.61 Å². The standard InChI is InChI=1S/C13H22O/c14-8-10-6-11(10)13-7-12(13)9-4-2-1-3-5-9/h9-14H,1-8H2/t10-,11+,12+,13+/m0/s1. The van der Waals surface area contributed by atoms with Crippen LogP contribution >= 0.6 is 0 Å². The van der Waals surface area contributed by atoms with Gasteiger partial charge < -0.3 is 5.11 Å². The topological polar surface area (TPSA) is 20.2 Å². The van der Waals surface area contributed by atoms with Crippen molar-refractivity contribution < 1.29 is 5.11 Å². The fourth-order valence-corrected chi connectivity index (χ4v) is 3.84. The Bertz CT molecular complexity index is 207. The highest BCUT2D eigenvalue weighted by Gasteiger charge is 2.54. The third kappa shape index (κ3) is 1.60. The van der Waals surface area contributed by atoms with Gasteiger partial charge in [-0.25, -0.2) is 0 Å². The maximum Gasteiger partial charge on any atom is 0.0462 e. The second-order valence-corrected chi connectivity index (χ2v) is 5.80. The van der Waals surface area contributed by atoms with Gasteiger partial charge in [0.05, 0.1) is 0 Å². The number of hydrogen-bond donors (Lipinski definition) is 1. The summed E-state index contributed by atoms with van der Waals surface area (Å²) in [6.45, 7) is 0.457. The Balaban J connectivity index is 1.48. The summed E-state index contributed by atoms with van der Waals surface area (Å²) in [5, 5.41) is 9.05. The normalized spacial score (nSPS) is 47.8. The molecule has 0 aliphatic heterocycles. The fourth-order valence-electron chi connectivity index (χ4n) is 3.84. The van der Waals surface area contributed by atoms with Gasteiger partial charge in [0.2, 0.25) is 0 Å². The first-order valence-corrected chi connectivity index (χ1v) is 6.51. The molecule has 0 aromatic rings. The molecule has 14 heavy (non-hydrogen) atoms. The lowest BCUT2D eigenvalue weighted by Gasteiger charge is -2.21. The van der Waals surface area contributed by atoms with Crippen molar-refractivity contribution in [1.82, 2.24) is 0 Å². The number of rotatable bonds is 3. The molecule has 3 rings (SSSR count). The van der Waals surface area contributed by atoms with Crippen LogP contribution in [-0.2, 0) is 0 Å². The van der Waals surface area contributed by atoms with Crippen LogP contribution in [0.4, 0.5) is 0 Å². The van der Waals surface area contributed by atoms with Gasteiger partial charge in [-0.15, -0.1) is 0 Å². The first kappa shape index (κ1) is 9.21. The van der Waals surface area contributed by atoms with Gasteiger partial charge in [-0.2, -0.15) is 0 Å². The summed E-state index contributed by atoms with van der Waals surface area (Å²) in [4.78, 5) is 0. The lowest BCUT2D eigenvalue weighted by atomic mass is 9.84. The zero-order chi connectivity index (χ0) is 9.54. The Morgan fingerprint density at radius 1 is 0.857 bits per heavy atom. The largest absolute Gasteiger partial charge is 0.396 e. The predicted molar refractivity (Wildman–Crippen MR) is 56.9 cm³/mol. The van der Waals surface area contributed by atoms with Crippen molar-refractivity contribution in [2.45, 2.75) is 44.9 Å². The molecule has 0 heterocycles. The smallest absolute Gasteiger partial charge is 0.0462 e. The summed E-state index contributed by atoms with van der Waals surface area (Å²) in [5.41, 5.74) is 0.